The van der Waals surface area contributed by atoms with Crippen molar-refractivity contribution in [3.63, 3.8) is 0 Å². The van der Waals surface area contributed by atoms with E-state index < -0.39 is 6.09 Å². The monoisotopic (exact) mass is 424 g/mol. The number of piperazine rings is 1. The first-order chi connectivity index (χ1) is 15.0. The van der Waals surface area contributed by atoms with Gasteiger partial charge in [0.15, 0.2) is 0 Å². The first kappa shape index (κ1) is 22.6. The van der Waals surface area contributed by atoms with Crippen LogP contribution in [0.3, 0.4) is 0 Å². The van der Waals surface area contributed by atoms with Gasteiger partial charge in [-0.2, -0.15) is 0 Å². The number of nitrogens with zero attached hydrogens (tertiary/aromatic N) is 2. The molecule has 7 heteroatoms. The minimum absolute atomic E-state index is 0.105. The van der Waals surface area contributed by atoms with Crippen molar-refractivity contribution in [3.05, 3.63) is 59.7 Å². The molecule has 0 saturated carbocycles. The lowest BCUT2D eigenvalue weighted by atomic mass is 10.2. The van der Waals surface area contributed by atoms with E-state index in [2.05, 4.69) is 51.6 Å². The molecule has 7 nitrogen and oxygen atoms in total. The highest BCUT2D eigenvalue weighted by Crippen LogP contribution is 2.17. The average Bonchev–Trinajstić information content (AvgIpc) is 2.77. The van der Waals surface area contributed by atoms with E-state index >= 15 is 0 Å². The fourth-order valence-electron chi connectivity index (χ4n) is 3.65. The third-order valence-electron chi connectivity index (χ3n) is 5.34. The predicted molar refractivity (Wildman–Crippen MR) is 124 cm³/mol. The third-order valence-corrected chi connectivity index (χ3v) is 5.34. The summed E-state index contributed by atoms with van der Waals surface area (Å²) in [6, 6.07) is 15.4. The van der Waals surface area contributed by atoms with Crippen molar-refractivity contribution in [1.29, 1.82) is 0 Å². The molecule has 3 rings (SSSR count). The highest BCUT2D eigenvalue weighted by molar-refractivity contribution is 5.95. The minimum Gasteiger partial charge on any atom is -0.450 e. The van der Waals surface area contributed by atoms with E-state index in [1.807, 2.05) is 0 Å². The summed E-state index contributed by atoms with van der Waals surface area (Å²) in [4.78, 5) is 28.6. The summed E-state index contributed by atoms with van der Waals surface area (Å²) in [5.41, 5.74) is 3.76. The molecule has 166 valence electrons. The molecule has 2 aromatic carbocycles. The van der Waals surface area contributed by atoms with Gasteiger partial charge in [-0.1, -0.05) is 12.1 Å². The number of carbonyl (C=O) groups excluding carboxylic acids is 2. The van der Waals surface area contributed by atoms with Crippen LogP contribution < -0.4 is 15.5 Å². The van der Waals surface area contributed by atoms with Gasteiger partial charge in [-0.15, -0.1) is 0 Å². The van der Waals surface area contributed by atoms with Crippen LogP contribution >= 0.6 is 0 Å². The van der Waals surface area contributed by atoms with Crippen LogP contribution in [0.2, 0.25) is 0 Å². The zero-order chi connectivity index (χ0) is 22.1. The van der Waals surface area contributed by atoms with Crippen molar-refractivity contribution in [1.82, 2.24) is 10.2 Å². The fraction of sp³-hybridized carbons (Fsp3) is 0.417. The molecule has 31 heavy (non-hydrogen) atoms. The van der Waals surface area contributed by atoms with Crippen molar-refractivity contribution in [2.45, 2.75) is 20.3 Å². The normalized spacial score (nSPS) is 14.2. The Bertz CT molecular complexity index is 861. The van der Waals surface area contributed by atoms with Crippen LogP contribution in [0.5, 0.6) is 0 Å². The Kier molecular flexibility index (Phi) is 8.29. The van der Waals surface area contributed by atoms with Crippen molar-refractivity contribution in [2.75, 3.05) is 56.1 Å². The van der Waals surface area contributed by atoms with Gasteiger partial charge in [0, 0.05) is 49.7 Å². The maximum atomic E-state index is 12.3. The van der Waals surface area contributed by atoms with Crippen LogP contribution in [0.25, 0.3) is 0 Å². The van der Waals surface area contributed by atoms with Crippen molar-refractivity contribution in [2.24, 2.45) is 0 Å². The van der Waals surface area contributed by atoms with Crippen LogP contribution in [0.15, 0.2) is 48.5 Å². The van der Waals surface area contributed by atoms with E-state index in [0.29, 0.717) is 24.4 Å². The minimum atomic E-state index is -0.501. The lowest BCUT2D eigenvalue weighted by Crippen LogP contribution is -2.47. The molecule has 0 bridgehead atoms. The Morgan fingerprint density at radius 2 is 1.77 bits per heavy atom. The van der Waals surface area contributed by atoms with E-state index in [4.69, 9.17) is 4.74 Å². The summed E-state index contributed by atoms with van der Waals surface area (Å²) in [6.07, 6.45) is 0.415. The first-order valence-electron chi connectivity index (χ1n) is 10.9. The first-order valence-corrected chi connectivity index (χ1v) is 10.9. The molecular weight excluding hydrogens is 392 g/mol. The summed E-state index contributed by atoms with van der Waals surface area (Å²) in [7, 11) is 0. The van der Waals surface area contributed by atoms with Crippen LogP contribution in [0, 0.1) is 6.92 Å². The summed E-state index contributed by atoms with van der Waals surface area (Å²) in [6.45, 7) is 9.94. The standard InChI is InChI=1S/C24H32N4O3/c1-3-31-24(30)26-21-10-8-20(9-11-21)23(29)25-12-5-13-27-14-16-28(17-15-27)22-7-4-6-19(2)18-22/h4,6-11,18H,3,5,12-17H2,1-2H3,(H,25,29)(H,26,30). The number of hydrogen-bond donors (Lipinski definition) is 2. The van der Waals surface area contributed by atoms with E-state index in [1.165, 1.54) is 11.3 Å². The van der Waals surface area contributed by atoms with Crippen molar-refractivity contribution in [3.8, 4) is 0 Å². The molecule has 2 N–H and O–H groups in total. The van der Waals surface area contributed by atoms with Gasteiger partial charge >= 0.3 is 6.09 Å². The number of anilines is 2. The Morgan fingerprint density at radius 3 is 2.45 bits per heavy atom. The topological polar surface area (TPSA) is 73.9 Å². The summed E-state index contributed by atoms with van der Waals surface area (Å²) >= 11 is 0. The van der Waals surface area contributed by atoms with Crippen molar-refractivity contribution < 1.29 is 14.3 Å². The van der Waals surface area contributed by atoms with Gasteiger partial charge in [-0.3, -0.25) is 15.0 Å². The van der Waals surface area contributed by atoms with Crippen LogP contribution in [0.4, 0.5) is 16.2 Å². The lowest BCUT2D eigenvalue weighted by Gasteiger charge is -2.36. The molecule has 0 aliphatic carbocycles. The zero-order valence-corrected chi connectivity index (χ0v) is 18.4. The third kappa shape index (κ3) is 7.00. The number of carbonyl (C=O) groups is 2. The van der Waals surface area contributed by atoms with Crippen LogP contribution in [-0.2, 0) is 4.74 Å². The van der Waals surface area contributed by atoms with Gasteiger partial charge in [-0.05, 0) is 68.8 Å². The molecule has 1 aliphatic rings. The summed E-state index contributed by atoms with van der Waals surface area (Å²) in [5, 5.41) is 5.58. The van der Waals surface area contributed by atoms with E-state index in [1.54, 1.807) is 31.2 Å². The number of aryl methyl sites for hydroxylation is 1. The quantitative estimate of drug-likeness (QED) is 0.635. The molecular formula is C24H32N4O3. The van der Waals surface area contributed by atoms with Crippen molar-refractivity contribution >= 4 is 23.4 Å². The molecule has 1 heterocycles. The fourth-order valence-corrected chi connectivity index (χ4v) is 3.65. The second kappa shape index (κ2) is 11.4. The molecule has 0 aromatic heterocycles. The predicted octanol–water partition coefficient (Wildman–Crippen LogP) is 3.51. The van der Waals surface area contributed by atoms with E-state index in [9.17, 15) is 9.59 Å². The van der Waals surface area contributed by atoms with Gasteiger partial charge in [0.1, 0.15) is 0 Å². The number of nitrogens with one attached hydrogen (secondary N) is 2. The van der Waals surface area contributed by atoms with Crippen LogP contribution in [0.1, 0.15) is 29.3 Å². The van der Waals surface area contributed by atoms with Gasteiger partial charge < -0.3 is 15.0 Å². The maximum absolute atomic E-state index is 12.3. The Morgan fingerprint density at radius 1 is 1.03 bits per heavy atom. The van der Waals surface area contributed by atoms with E-state index in [-0.39, 0.29) is 5.91 Å². The number of benzene rings is 2. The molecule has 1 fully saturated rings. The number of hydrogen-bond acceptors (Lipinski definition) is 5. The second-order valence-electron chi connectivity index (χ2n) is 7.70. The van der Waals surface area contributed by atoms with Crippen LogP contribution in [-0.4, -0.2) is 62.8 Å². The summed E-state index contributed by atoms with van der Waals surface area (Å²) in [5.74, 6) is -0.105. The Hall–Kier alpha value is -3.06. The SMILES string of the molecule is CCOC(=O)Nc1ccc(C(=O)NCCCN2CCN(c3cccc(C)c3)CC2)cc1. The number of amides is 2. The Labute approximate surface area is 184 Å². The largest absolute Gasteiger partial charge is 0.450 e. The van der Waals surface area contributed by atoms with E-state index in [0.717, 1.165) is 39.1 Å². The maximum Gasteiger partial charge on any atom is 0.411 e. The van der Waals surface area contributed by atoms with Gasteiger partial charge in [0.25, 0.3) is 5.91 Å². The number of ether oxygens (including phenoxy) is 1. The molecule has 1 saturated heterocycles. The molecule has 2 amide bonds. The Balaban J connectivity index is 1.33. The molecule has 1 aliphatic heterocycles. The smallest absolute Gasteiger partial charge is 0.411 e. The molecule has 2 aromatic rings. The highest BCUT2D eigenvalue weighted by Gasteiger charge is 2.17. The average molecular weight is 425 g/mol. The van der Waals surface area contributed by atoms with Gasteiger partial charge in [-0.25, -0.2) is 4.79 Å². The molecule has 0 atom stereocenters. The highest BCUT2D eigenvalue weighted by atomic mass is 16.5. The zero-order valence-electron chi connectivity index (χ0n) is 18.4. The summed E-state index contributed by atoms with van der Waals surface area (Å²) < 4.78 is 4.84. The number of rotatable bonds is 8. The second-order valence-corrected chi connectivity index (χ2v) is 7.70. The lowest BCUT2D eigenvalue weighted by molar-refractivity contribution is 0.0951. The molecule has 0 radical (unpaired) electrons. The van der Waals surface area contributed by atoms with Gasteiger partial charge in [0.2, 0.25) is 0 Å². The molecule has 0 unspecified atom stereocenters. The molecule has 0 spiro atoms. The van der Waals surface area contributed by atoms with Gasteiger partial charge in [0.05, 0.1) is 6.61 Å².